The van der Waals surface area contributed by atoms with Crippen molar-refractivity contribution in [3.8, 4) is 0 Å². The summed E-state index contributed by atoms with van der Waals surface area (Å²) in [6.07, 6.45) is 0. The molecule has 0 saturated carbocycles. The highest BCUT2D eigenvalue weighted by atomic mass is 35.5. The lowest BCUT2D eigenvalue weighted by Crippen LogP contribution is -2.60. The zero-order chi connectivity index (χ0) is 15.5. The van der Waals surface area contributed by atoms with Gasteiger partial charge in [-0.05, 0) is 32.4 Å². The van der Waals surface area contributed by atoms with Crippen LogP contribution in [-0.2, 0) is 4.79 Å². The van der Waals surface area contributed by atoms with Crippen LogP contribution < -0.4 is 10.6 Å². The second-order valence-electron chi connectivity index (χ2n) is 6.01. The van der Waals surface area contributed by atoms with Gasteiger partial charge in [0.05, 0.1) is 11.6 Å². The molecule has 2 rings (SSSR count). The van der Waals surface area contributed by atoms with E-state index in [0.29, 0.717) is 5.02 Å². The Morgan fingerprint density at radius 3 is 2.57 bits per heavy atom. The summed E-state index contributed by atoms with van der Waals surface area (Å²) >= 11 is 6.20. The predicted octanol–water partition coefficient (Wildman–Crippen LogP) is 2.20. The van der Waals surface area contributed by atoms with Gasteiger partial charge in [-0.1, -0.05) is 29.8 Å². The molecule has 1 aromatic carbocycles. The van der Waals surface area contributed by atoms with Crippen molar-refractivity contribution in [1.29, 1.82) is 0 Å². The molecule has 1 amide bonds. The van der Waals surface area contributed by atoms with Gasteiger partial charge >= 0.3 is 0 Å². The molecule has 0 spiro atoms. The second-order valence-corrected chi connectivity index (χ2v) is 6.42. The third-order valence-corrected chi connectivity index (χ3v) is 4.53. The van der Waals surface area contributed by atoms with Crippen molar-refractivity contribution in [2.45, 2.75) is 32.4 Å². The average Bonchev–Trinajstić information content (AvgIpc) is 2.48. The van der Waals surface area contributed by atoms with Gasteiger partial charge in [-0.2, -0.15) is 0 Å². The first-order valence-electron chi connectivity index (χ1n) is 7.44. The van der Waals surface area contributed by atoms with Gasteiger partial charge in [-0.15, -0.1) is 0 Å². The maximum Gasteiger partial charge on any atom is 0.240 e. The predicted molar refractivity (Wildman–Crippen MR) is 86.5 cm³/mol. The van der Waals surface area contributed by atoms with E-state index in [2.05, 4.69) is 15.5 Å². The van der Waals surface area contributed by atoms with Crippen LogP contribution in [-0.4, -0.2) is 42.5 Å². The Balaban J connectivity index is 2.04. The van der Waals surface area contributed by atoms with Gasteiger partial charge in [0.15, 0.2) is 0 Å². The van der Waals surface area contributed by atoms with E-state index in [0.717, 1.165) is 31.7 Å². The Bertz CT molecular complexity index is 498. The fourth-order valence-corrected chi connectivity index (χ4v) is 2.94. The van der Waals surface area contributed by atoms with E-state index < -0.39 is 5.54 Å². The Hall–Kier alpha value is -1.10. The highest BCUT2D eigenvalue weighted by Gasteiger charge is 2.35. The minimum Gasteiger partial charge on any atom is -0.348 e. The monoisotopic (exact) mass is 309 g/mol. The third-order valence-electron chi connectivity index (χ3n) is 4.18. The first kappa shape index (κ1) is 16.3. The maximum absolute atomic E-state index is 12.6. The summed E-state index contributed by atoms with van der Waals surface area (Å²) in [5.74, 6) is 0.0387. The lowest BCUT2D eigenvalue weighted by molar-refractivity contribution is -0.132. The lowest BCUT2D eigenvalue weighted by atomic mass is 9.99. The van der Waals surface area contributed by atoms with Crippen LogP contribution in [0, 0.1) is 0 Å². The topological polar surface area (TPSA) is 44.4 Å². The van der Waals surface area contributed by atoms with Gasteiger partial charge in [-0.3, -0.25) is 9.69 Å². The standard InChI is InChI=1S/C16H24ClN3O/c1-12(13-6-4-5-7-14(13)17)19-15(21)16(2,3)20-10-8-18-9-11-20/h4-7,12,18H,8-11H2,1-3H3,(H,19,21)/t12-/m1/s1. The molecule has 5 heteroatoms. The fourth-order valence-electron chi connectivity index (χ4n) is 2.64. The van der Waals surface area contributed by atoms with E-state index in [1.54, 1.807) is 0 Å². The molecule has 1 aromatic rings. The Morgan fingerprint density at radius 2 is 1.95 bits per heavy atom. The largest absolute Gasteiger partial charge is 0.348 e. The molecule has 0 aliphatic carbocycles. The van der Waals surface area contributed by atoms with E-state index in [9.17, 15) is 4.79 Å². The SMILES string of the molecule is C[C@@H](NC(=O)C(C)(C)N1CCNCC1)c1ccccc1Cl. The molecular formula is C16H24ClN3O. The summed E-state index contributed by atoms with van der Waals surface area (Å²) in [5.41, 5.74) is 0.432. The Kier molecular flexibility index (Phi) is 5.25. The van der Waals surface area contributed by atoms with Gasteiger partial charge in [0.2, 0.25) is 5.91 Å². The Labute approximate surface area is 131 Å². The summed E-state index contributed by atoms with van der Waals surface area (Å²) < 4.78 is 0. The molecule has 0 radical (unpaired) electrons. The van der Waals surface area contributed by atoms with E-state index in [-0.39, 0.29) is 11.9 Å². The van der Waals surface area contributed by atoms with Crippen LogP contribution in [0.1, 0.15) is 32.4 Å². The first-order chi connectivity index (χ1) is 9.93. The van der Waals surface area contributed by atoms with Crippen LogP contribution in [0.4, 0.5) is 0 Å². The number of carbonyl (C=O) groups excluding carboxylic acids is 1. The zero-order valence-corrected chi connectivity index (χ0v) is 13.7. The second kappa shape index (κ2) is 6.77. The van der Waals surface area contributed by atoms with E-state index in [1.807, 2.05) is 45.0 Å². The number of rotatable bonds is 4. The number of piperazine rings is 1. The number of hydrogen-bond acceptors (Lipinski definition) is 3. The smallest absolute Gasteiger partial charge is 0.240 e. The number of hydrogen-bond donors (Lipinski definition) is 2. The van der Waals surface area contributed by atoms with Crippen LogP contribution in [0.25, 0.3) is 0 Å². The quantitative estimate of drug-likeness (QED) is 0.896. The van der Waals surface area contributed by atoms with Gasteiger partial charge in [0.1, 0.15) is 0 Å². The van der Waals surface area contributed by atoms with Crippen LogP contribution in [0.5, 0.6) is 0 Å². The van der Waals surface area contributed by atoms with Crippen LogP contribution in [0.15, 0.2) is 24.3 Å². The summed E-state index contributed by atoms with van der Waals surface area (Å²) in [7, 11) is 0. The van der Waals surface area contributed by atoms with E-state index in [4.69, 9.17) is 11.6 Å². The summed E-state index contributed by atoms with van der Waals surface area (Å²) in [6.45, 7) is 9.56. The van der Waals surface area contributed by atoms with Gasteiger partial charge in [0, 0.05) is 31.2 Å². The normalized spacial score (nSPS) is 18.3. The molecule has 0 bridgehead atoms. The maximum atomic E-state index is 12.6. The molecule has 1 atom stereocenters. The molecule has 21 heavy (non-hydrogen) atoms. The van der Waals surface area contributed by atoms with Gasteiger partial charge in [-0.25, -0.2) is 0 Å². The highest BCUT2D eigenvalue weighted by Crippen LogP contribution is 2.24. The van der Waals surface area contributed by atoms with Crippen molar-refractivity contribution >= 4 is 17.5 Å². The number of nitrogens with zero attached hydrogens (tertiary/aromatic N) is 1. The van der Waals surface area contributed by atoms with Crippen molar-refractivity contribution in [1.82, 2.24) is 15.5 Å². The Morgan fingerprint density at radius 1 is 1.33 bits per heavy atom. The number of benzene rings is 1. The first-order valence-corrected chi connectivity index (χ1v) is 7.82. The molecule has 1 aliphatic heterocycles. The zero-order valence-electron chi connectivity index (χ0n) is 12.9. The summed E-state index contributed by atoms with van der Waals surface area (Å²) in [5, 5.41) is 7.08. The van der Waals surface area contributed by atoms with Crippen molar-refractivity contribution in [3.05, 3.63) is 34.9 Å². The van der Waals surface area contributed by atoms with E-state index in [1.165, 1.54) is 0 Å². The lowest BCUT2D eigenvalue weighted by Gasteiger charge is -2.40. The van der Waals surface area contributed by atoms with Gasteiger partial charge in [0.25, 0.3) is 0 Å². The molecule has 0 aromatic heterocycles. The van der Waals surface area contributed by atoms with Crippen LogP contribution in [0.2, 0.25) is 5.02 Å². The minimum absolute atomic E-state index is 0.0387. The van der Waals surface area contributed by atoms with E-state index >= 15 is 0 Å². The number of halogens is 1. The number of carbonyl (C=O) groups is 1. The number of amides is 1. The molecular weight excluding hydrogens is 286 g/mol. The van der Waals surface area contributed by atoms with Gasteiger partial charge < -0.3 is 10.6 Å². The average molecular weight is 310 g/mol. The van der Waals surface area contributed by atoms with Crippen LogP contribution in [0.3, 0.4) is 0 Å². The molecule has 1 heterocycles. The van der Waals surface area contributed by atoms with Crippen molar-refractivity contribution in [3.63, 3.8) is 0 Å². The highest BCUT2D eigenvalue weighted by molar-refractivity contribution is 6.31. The third kappa shape index (κ3) is 3.76. The molecule has 116 valence electrons. The van der Waals surface area contributed by atoms with Crippen molar-refractivity contribution in [2.24, 2.45) is 0 Å². The molecule has 1 aliphatic rings. The molecule has 0 unspecified atom stereocenters. The van der Waals surface area contributed by atoms with Crippen LogP contribution >= 0.6 is 11.6 Å². The molecule has 2 N–H and O–H groups in total. The molecule has 1 saturated heterocycles. The van der Waals surface area contributed by atoms with Crippen molar-refractivity contribution in [2.75, 3.05) is 26.2 Å². The summed E-state index contributed by atoms with van der Waals surface area (Å²) in [4.78, 5) is 14.9. The van der Waals surface area contributed by atoms with Crippen molar-refractivity contribution < 1.29 is 4.79 Å². The molecule has 1 fully saturated rings. The summed E-state index contributed by atoms with van der Waals surface area (Å²) in [6, 6.07) is 7.52. The minimum atomic E-state index is -0.516. The number of nitrogens with one attached hydrogen (secondary N) is 2. The fraction of sp³-hybridized carbons (Fsp3) is 0.562. The molecule has 4 nitrogen and oxygen atoms in total.